The number of aryl methyl sites for hydroxylation is 1. The number of nitrogens with one attached hydrogen (secondary N) is 2. The minimum Gasteiger partial charge on any atom is -0.314 e. The lowest BCUT2D eigenvalue weighted by molar-refractivity contribution is 0.245. The van der Waals surface area contributed by atoms with Gasteiger partial charge in [-0.1, -0.05) is 26.0 Å². The molecule has 5 nitrogen and oxygen atoms in total. The van der Waals surface area contributed by atoms with Crippen LogP contribution in [-0.2, 0) is 16.4 Å². The topological polar surface area (TPSA) is 61.4 Å². The minimum absolute atomic E-state index is 0.353. The molecule has 0 saturated carbocycles. The molecule has 1 aliphatic heterocycles. The molecule has 1 aromatic carbocycles. The average molecular weight is 340 g/mol. The molecular weight excluding hydrogens is 310 g/mol. The highest BCUT2D eigenvalue weighted by atomic mass is 32.2. The van der Waals surface area contributed by atoms with Gasteiger partial charge in [0, 0.05) is 39.3 Å². The molecule has 1 heterocycles. The number of piperazine rings is 1. The van der Waals surface area contributed by atoms with E-state index in [4.69, 9.17) is 0 Å². The van der Waals surface area contributed by atoms with Crippen molar-refractivity contribution in [2.24, 2.45) is 5.92 Å². The van der Waals surface area contributed by atoms with Crippen molar-refractivity contribution in [3.8, 4) is 0 Å². The normalized spacial score (nSPS) is 16.8. The molecule has 1 aliphatic rings. The zero-order valence-electron chi connectivity index (χ0n) is 14.2. The molecule has 0 unspecified atom stereocenters. The molecular formula is C17H29N3O2S. The molecule has 0 atom stereocenters. The molecule has 1 aromatic rings. The Morgan fingerprint density at radius 3 is 2.43 bits per heavy atom. The van der Waals surface area contributed by atoms with Crippen molar-refractivity contribution in [1.29, 1.82) is 0 Å². The van der Waals surface area contributed by atoms with Crippen molar-refractivity contribution in [1.82, 2.24) is 14.9 Å². The van der Waals surface area contributed by atoms with Gasteiger partial charge in [-0.2, -0.15) is 0 Å². The van der Waals surface area contributed by atoms with Crippen molar-refractivity contribution < 1.29 is 8.42 Å². The van der Waals surface area contributed by atoms with Crippen LogP contribution in [0.2, 0.25) is 0 Å². The van der Waals surface area contributed by atoms with E-state index in [2.05, 4.69) is 28.8 Å². The van der Waals surface area contributed by atoms with E-state index in [1.54, 1.807) is 12.1 Å². The van der Waals surface area contributed by atoms with Crippen LogP contribution >= 0.6 is 0 Å². The van der Waals surface area contributed by atoms with Gasteiger partial charge in [0.25, 0.3) is 0 Å². The third-order valence-electron chi connectivity index (χ3n) is 4.17. The molecule has 0 aromatic heterocycles. The van der Waals surface area contributed by atoms with Crippen LogP contribution in [0.5, 0.6) is 0 Å². The second-order valence-corrected chi connectivity index (χ2v) is 8.33. The predicted octanol–water partition coefficient (Wildman–Crippen LogP) is 1.46. The van der Waals surface area contributed by atoms with Crippen LogP contribution in [0.25, 0.3) is 0 Å². The zero-order valence-corrected chi connectivity index (χ0v) is 15.0. The lowest BCUT2D eigenvalue weighted by Crippen LogP contribution is -2.46. The lowest BCUT2D eigenvalue weighted by atomic mass is 10.0. The van der Waals surface area contributed by atoms with Crippen LogP contribution in [0.4, 0.5) is 0 Å². The fraction of sp³-hybridized carbons (Fsp3) is 0.647. The Kier molecular flexibility index (Phi) is 7.02. The first-order valence-corrected chi connectivity index (χ1v) is 9.97. The predicted molar refractivity (Wildman–Crippen MR) is 94.1 cm³/mol. The van der Waals surface area contributed by atoms with Gasteiger partial charge in [-0.25, -0.2) is 13.1 Å². The monoisotopic (exact) mass is 339 g/mol. The Morgan fingerprint density at radius 1 is 1.17 bits per heavy atom. The summed E-state index contributed by atoms with van der Waals surface area (Å²) in [6.45, 7) is 9.51. The first-order chi connectivity index (χ1) is 11.0. The lowest BCUT2D eigenvalue weighted by Gasteiger charge is -2.27. The highest BCUT2D eigenvalue weighted by Gasteiger charge is 2.15. The zero-order chi connectivity index (χ0) is 16.7. The second kappa shape index (κ2) is 8.78. The summed E-state index contributed by atoms with van der Waals surface area (Å²) < 4.78 is 27.3. The van der Waals surface area contributed by atoms with Crippen LogP contribution in [0, 0.1) is 5.92 Å². The van der Waals surface area contributed by atoms with E-state index in [1.807, 2.05) is 12.1 Å². The molecule has 0 radical (unpaired) electrons. The van der Waals surface area contributed by atoms with Gasteiger partial charge in [-0.3, -0.25) is 4.90 Å². The molecule has 0 aliphatic carbocycles. The molecule has 2 rings (SSSR count). The number of rotatable bonds is 8. The quantitative estimate of drug-likeness (QED) is 0.753. The van der Waals surface area contributed by atoms with Crippen molar-refractivity contribution in [2.75, 3.05) is 39.3 Å². The molecule has 130 valence electrons. The number of nitrogens with zero attached hydrogens (tertiary/aromatic N) is 1. The maximum atomic E-state index is 12.3. The van der Waals surface area contributed by atoms with E-state index in [9.17, 15) is 8.42 Å². The van der Waals surface area contributed by atoms with Crippen molar-refractivity contribution in [3.05, 3.63) is 29.8 Å². The van der Waals surface area contributed by atoms with Gasteiger partial charge in [-0.15, -0.1) is 0 Å². The maximum Gasteiger partial charge on any atom is 0.240 e. The van der Waals surface area contributed by atoms with Crippen LogP contribution in [-0.4, -0.2) is 52.6 Å². The Labute approximate surface area is 140 Å². The largest absolute Gasteiger partial charge is 0.314 e. The smallest absolute Gasteiger partial charge is 0.240 e. The molecule has 0 spiro atoms. The van der Waals surface area contributed by atoms with E-state index in [0.29, 0.717) is 17.4 Å². The summed E-state index contributed by atoms with van der Waals surface area (Å²) in [5.41, 5.74) is 1.19. The third-order valence-corrected chi connectivity index (χ3v) is 5.65. The molecule has 0 amide bonds. The fourth-order valence-electron chi connectivity index (χ4n) is 2.65. The molecule has 1 fully saturated rings. The van der Waals surface area contributed by atoms with Gasteiger partial charge < -0.3 is 5.32 Å². The van der Waals surface area contributed by atoms with E-state index in [1.165, 1.54) is 5.56 Å². The van der Waals surface area contributed by atoms with Crippen LogP contribution < -0.4 is 10.0 Å². The van der Waals surface area contributed by atoms with Gasteiger partial charge >= 0.3 is 0 Å². The Balaban J connectivity index is 1.83. The number of hydrogen-bond acceptors (Lipinski definition) is 4. The minimum atomic E-state index is -3.40. The summed E-state index contributed by atoms with van der Waals surface area (Å²) in [7, 11) is -3.40. The molecule has 23 heavy (non-hydrogen) atoms. The van der Waals surface area contributed by atoms with E-state index < -0.39 is 10.0 Å². The van der Waals surface area contributed by atoms with E-state index >= 15 is 0 Å². The third kappa shape index (κ3) is 6.22. The van der Waals surface area contributed by atoms with Gasteiger partial charge in [-0.05, 0) is 36.5 Å². The molecule has 1 saturated heterocycles. The van der Waals surface area contributed by atoms with Gasteiger partial charge in [0.15, 0.2) is 0 Å². The summed E-state index contributed by atoms with van der Waals surface area (Å²) in [5.74, 6) is 0.657. The van der Waals surface area contributed by atoms with E-state index in [-0.39, 0.29) is 0 Å². The molecule has 0 bridgehead atoms. The summed E-state index contributed by atoms with van der Waals surface area (Å²) in [6, 6.07) is 7.27. The van der Waals surface area contributed by atoms with Crippen LogP contribution in [0.3, 0.4) is 0 Å². The number of hydrogen-bond donors (Lipinski definition) is 2. The summed E-state index contributed by atoms with van der Waals surface area (Å²) in [4.78, 5) is 2.62. The highest BCUT2D eigenvalue weighted by Crippen LogP contribution is 2.13. The number of sulfonamides is 1. The number of benzene rings is 1. The summed E-state index contributed by atoms with van der Waals surface area (Å²) >= 11 is 0. The van der Waals surface area contributed by atoms with Gasteiger partial charge in [0.05, 0.1) is 4.90 Å². The molecule has 2 N–H and O–H groups in total. The van der Waals surface area contributed by atoms with Crippen molar-refractivity contribution in [2.45, 2.75) is 31.6 Å². The molecule has 6 heteroatoms. The first-order valence-electron chi connectivity index (χ1n) is 8.49. The Morgan fingerprint density at radius 2 is 1.83 bits per heavy atom. The van der Waals surface area contributed by atoms with Crippen molar-refractivity contribution >= 4 is 10.0 Å². The van der Waals surface area contributed by atoms with Gasteiger partial charge in [0.1, 0.15) is 0 Å². The highest BCUT2D eigenvalue weighted by molar-refractivity contribution is 7.89. The summed E-state index contributed by atoms with van der Waals surface area (Å²) in [5, 5.41) is 3.29. The van der Waals surface area contributed by atoms with Gasteiger partial charge in [0.2, 0.25) is 10.0 Å². The second-order valence-electron chi connectivity index (χ2n) is 6.57. The maximum absolute atomic E-state index is 12.3. The van der Waals surface area contributed by atoms with E-state index in [0.717, 1.165) is 45.6 Å². The van der Waals surface area contributed by atoms with Crippen molar-refractivity contribution in [3.63, 3.8) is 0 Å². The Hall–Kier alpha value is -0.950. The summed E-state index contributed by atoms with van der Waals surface area (Å²) in [6.07, 6.45) is 2.11. The van der Waals surface area contributed by atoms with Crippen LogP contribution in [0.15, 0.2) is 29.2 Å². The first kappa shape index (κ1) is 18.4. The SMILES string of the molecule is CC(C)CCc1ccc(S(=O)(=O)NCCN2CCNCC2)cc1. The average Bonchev–Trinajstić information content (AvgIpc) is 2.54. The standard InChI is InChI=1S/C17H29N3O2S/c1-15(2)3-4-16-5-7-17(8-6-16)23(21,22)19-11-14-20-12-9-18-10-13-20/h5-8,15,18-19H,3-4,9-14H2,1-2H3. The van der Waals surface area contributed by atoms with Crippen LogP contribution in [0.1, 0.15) is 25.8 Å². The fourth-order valence-corrected chi connectivity index (χ4v) is 3.67. The Bertz CT molecular complexity index is 564.